The Bertz CT molecular complexity index is 55.8. The monoisotopic (exact) mass is 184 g/mol. The fourth-order valence-electron chi connectivity index (χ4n) is 0.204. The molecule has 1 N–H and O–H groups in total. The number of hydrogen-bond donors (Lipinski definition) is 1. The summed E-state index contributed by atoms with van der Waals surface area (Å²) in [6, 6.07) is 0. The van der Waals surface area contributed by atoms with Crippen LogP contribution >= 0.6 is 8.60 Å². The molecule has 0 fully saturated rings. The summed E-state index contributed by atoms with van der Waals surface area (Å²) >= 11 is 0. The van der Waals surface area contributed by atoms with Gasteiger partial charge in [-0.05, 0) is 6.42 Å². The predicted molar refractivity (Wildman–Crippen MR) is 24.6 cm³/mol. The first-order valence-corrected chi connectivity index (χ1v) is 3.25. The zero-order chi connectivity index (χ0) is 6.41. The third-order valence-electron chi connectivity index (χ3n) is 0.499. The van der Waals surface area contributed by atoms with E-state index < -0.39 is 8.60 Å². The summed E-state index contributed by atoms with van der Waals surface area (Å²) in [6.45, 7) is 0.0401. The van der Waals surface area contributed by atoms with E-state index in [0.29, 0.717) is 6.42 Å². The molecule has 0 rings (SSSR count). The van der Waals surface area contributed by atoms with E-state index in [-0.39, 0.29) is 72.3 Å². The maximum atomic E-state index is 9.61. The van der Waals surface area contributed by atoms with Gasteiger partial charge in [0.2, 0.25) is 0 Å². The van der Waals surface area contributed by atoms with Crippen LogP contribution in [0, 0.1) is 0 Å². The number of aliphatic hydroxyl groups excluding tert-OH is 1. The van der Waals surface area contributed by atoms with Crippen molar-refractivity contribution in [1.29, 1.82) is 0 Å². The van der Waals surface area contributed by atoms with E-state index in [0.717, 1.165) is 0 Å². The Morgan fingerprint density at radius 1 is 1.30 bits per heavy atom. The normalized spacial score (nSPS) is 8.40. The van der Waals surface area contributed by atoms with Crippen molar-refractivity contribution >= 4 is 8.60 Å². The summed E-state index contributed by atoms with van der Waals surface area (Å²) in [5.74, 6) is 0. The van der Waals surface area contributed by atoms with Gasteiger partial charge in [-0.3, -0.25) is 0 Å². The molecule has 0 aromatic heterocycles. The van der Waals surface area contributed by atoms with Gasteiger partial charge in [0, 0.05) is 13.2 Å². The van der Waals surface area contributed by atoms with Gasteiger partial charge in [-0.15, -0.1) is 0 Å². The van der Waals surface area contributed by atoms with Crippen molar-refractivity contribution < 1.29 is 78.5 Å². The van der Waals surface area contributed by atoms with E-state index in [1.807, 2.05) is 0 Å². The van der Waals surface area contributed by atoms with E-state index >= 15 is 0 Å². The fourth-order valence-corrected chi connectivity index (χ4v) is 0.482. The SMILES string of the molecule is [Na+].[Na+].[O-]P([O-])OCCCO. The minimum Gasteiger partial charge on any atom is -0.820 e. The molecule has 0 unspecified atom stereocenters. The number of rotatable bonds is 4. The molecule has 0 saturated heterocycles. The quantitative estimate of drug-likeness (QED) is 0.267. The number of hydrogen-bond acceptors (Lipinski definition) is 4. The zero-order valence-corrected chi connectivity index (χ0v) is 11.1. The average Bonchev–Trinajstić information content (AvgIpc) is 1.66. The molecule has 0 atom stereocenters. The van der Waals surface area contributed by atoms with Crippen LogP contribution in [0.2, 0.25) is 0 Å². The van der Waals surface area contributed by atoms with Gasteiger partial charge in [0.15, 0.2) is 0 Å². The van der Waals surface area contributed by atoms with Crippen LogP contribution < -0.4 is 68.9 Å². The maximum Gasteiger partial charge on any atom is 1.00 e. The first kappa shape index (κ1) is 18.1. The van der Waals surface area contributed by atoms with Crippen LogP contribution in [0.4, 0.5) is 0 Å². The first-order chi connectivity index (χ1) is 3.77. The van der Waals surface area contributed by atoms with Crippen LogP contribution in [0.3, 0.4) is 0 Å². The van der Waals surface area contributed by atoms with E-state index in [2.05, 4.69) is 4.52 Å². The van der Waals surface area contributed by atoms with E-state index in [4.69, 9.17) is 5.11 Å². The molecular weight excluding hydrogens is 177 g/mol. The summed E-state index contributed by atoms with van der Waals surface area (Å²) < 4.78 is 4.08. The zero-order valence-electron chi connectivity index (χ0n) is 6.24. The third kappa shape index (κ3) is 16.7. The summed E-state index contributed by atoms with van der Waals surface area (Å²) in [5.41, 5.74) is 0. The fraction of sp³-hybridized carbons (Fsp3) is 1.00. The van der Waals surface area contributed by atoms with Crippen molar-refractivity contribution in [1.82, 2.24) is 0 Å². The molecule has 0 spiro atoms. The Morgan fingerprint density at radius 3 is 2.10 bits per heavy atom. The molecule has 0 aromatic rings. The van der Waals surface area contributed by atoms with Crippen LogP contribution in [-0.4, -0.2) is 18.3 Å². The van der Waals surface area contributed by atoms with Crippen molar-refractivity contribution in [2.45, 2.75) is 6.42 Å². The second-order valence-electron chi connectivity index (χ2n) is 1.13. The Kier molecular flexibility index (Phi) is 25.1. The molecule has 0 bridgehead atoms. The predicted octanol–water partition coefficient (Wildman–Crippen LogP) is -7.66. The first-order valence-electron chi connectivity index (χ1n) is 2.15. The van der Waals surface area contributed by atoms with Crippen LogP contribution in [0.5, 0.6) is 0 Å². The Hall–Kier alpha value is 2.27. The minimum atomic E-state index is -2.72. The summed E-state index contributed by atoms with van der Waals surface area (Å²) in [4.78, 5) is 19.2. The molecule has 0 radical (unpaired) electrons. The molecule has 0 amide bonds. The van der Waals surface area contributed by atoms with E-state index in [1.165, 1.54) is 0 Å². The van der Waals surface area contributed by atoms with Gasteiger partial charge in [0.1, 0.15) is 0 Å². The molecule has 0 saturated carbocycles. The molecule has 4 nitrogen and oxygen atoms in total. The van der Waals surface area contributed by atoms with Gasteiger partial charge in [0.05, 0.1) is 0 Å². The molecule has 0 aliphatic rings. The van der Waals surface area contributed by atoms with Crippen LogP contribution in [0.15, 0.2) is 0 Å². The summed E-state index contributed by atoms with van der Waals surface area (Å²) in [5, 5.41) is 8.10. The van der Waals surface area contributed by atoms with Crippen LogP contribution in [0.25, 0.3) is 0 Å². The summed E-state index contributed by atoms with van der Waals surface area (Å²) in [6.07, 6.45) is 0.364. The van der Waals surface area contributed by atoms with Crippen molar-refractivity contribution in [3.05, 3.63) is 0 Å². The molecule has 50 valence electrons. The Morgan fingerprint density at radius 2 is 1.80 bits per heavy atom. The van der Waals surface area contributed by atoms with Gasteiger partial charge in [-0.1, -0.05) is 0 Å². The summed E-state index contributed by atoms with van der Waals surface area (Å²) in [7, 11) is -2.72. The number of aliphatic hydroxyl groups is 1. The van der Waals surface area contributed by atoms with E-state index in [1.54, 1.807) is 0 Å². The van der Waals surface area contributed by atoms with Crippen molar-refractivity contribution in [3.8, 4) is 0 Å². The van der Waals surface area contributed by atoms with Gasteiger partial charge < -0.3 is 19.4 Å². The van der Waals surface area contributed by atoms with Gasteiger partial charge in [-0.25, -0.2) is 0 Å². The third-order valence-corrected chi connectivity index (χ3v) is 0.893. The smallest absolute Gasteiger partial charge is 0.820 e. The Labute approximate surface area is 106 Å². The largest absolute Gasteiger partial charge is 1.00 e. The topological polar surface area (TPSA) is 75.6 Å². The molecule has 0 aromatic carbocycles. The van der Waals surface area contributed by atoms with Crippen LogP contribution in [-0.2, 0) is 4.52 Å². The van der Waals surface area contributed by atoms with Gasteiger partial charge in [0.25, 0.3) is 0 Å². The van der Waals surface area contributed by atoms with Gasteiger partial charge in [-0.2, -0.15) is 8.60 Å². The van der Waals surface area contributed by atoms with Crippen molar-refractivity contribution in [3.63, 3.8) is 0 Å². The molecule has 0 heterocycles. The minimum absolute atomic E-state index is 0. The second-order valence-corrected chi connectivity index (χ2v) is 1.84. The molecule has 0 aliphatic heterocycles. The van der Waals surface area contributed by atoms with Crippen LogP contribution in [0.1, 0.15) is 6.42 Å². The molecule has 0 aliphatic carbocycles. The van der Waals surface area contributed by atoms with E-state index in [9.17, 15) is 9.79 Å². The van der Waals surface area contributed by atoms with Crippen molar-refractivity contribution in [2.75, 3.05) is 13.2 Å². The molecule has 7 heteroatoms. The standard InChI is InChI=1S/C3H7O4P.2Na/c4-2-1-3-7-8(5)6;;/h4H,1-3H2;;/q-2;2*+1. The van der Waals surface area contributed by atoms with Crippen molar-refractivity contribution in [2.24, 2.45) is 0 Å². The Balaban J connectivity index is -0.000000245. The maximum absolute atomic E-state index is 9.61. The second kappa shape index (κ2) is 13.8. The van der Waals surface area contributed by atoms with Gasteiger partial charge >= 0.3 is 59.1 Å². The molecular formula is C3H7Na2O4P. The molecule has 10 heavy (non-hydrogen) atoms. The average molecular weight is 184 g/mol.